The Hall–Kier alpha value is -3.02. The number of fused-ring (bicyclic) bond motifs is 3. The number of hydrogen-bond acceptors (Lipinski definition) is 4. The normalized spacial score (nSPS) is 19.6. The molecule has 0 N–H and O–H groups in total. The summed E-state index contributed by atoms with van der Waals surface area (Å²) >= 11 is 0. The summed E-state index contributed by atoms with van der Waals surface area (Å²) in [5.41, 5.74) is 2.05. The molecule has 1 amide bonds. The molecule has 0 bridgehead atoms. The molecule has 3 heterocycles. The molecule has 1 aromatic carbocycles. The zero-order valence-electron chi connectivity index (χ0n) is 15.6. The lowest BCUT2D eigenvalue weighted by Crippen LogP contribution is -2.57. The molecule has 0 spiro atoms. The third kappa shape index (κ3) is 2.91. The second-order valence-electron chi connectivity index (χ2n) is 7.46. The minimum Gasteiger partial charge on any atom is -0.491 e. The summed E-state index contributed by atoms with van der Waals surface area (Å²) in [5.74, 6) is 0.607. The molecule has 1 aliphatic rings. The number of rotatable bonds is 5. The van der Waals surface area contributed by atoms with Crippen LogP contribution in [-0.4, -0.2) is 33.3 Å². The molecule has 1 aliphatic heterocycles. The van der Waals surface area contributed by atoms with Gasteiger partial charge in [0.2, 0.25) is 0 Å². The summed E-state index contributed by atoms with van der Waals surface area (Å²) in [6.45, 7) is 6.49. The van der Waals surface area contributed by atoms with Gasteiger partial charge in [0.15, 0.2) is 5.58 Å². The summed E-state index contributed by atoms with van der Waals surface area (Å²) in [6.07, 6.45) is 2.55. The molecule has 0 radical (unpaired) electrons. The highest BCUT2D eigenvalue weighted by Crippen LogP contribution is 2.32. The maximum Gasteiger partial charge on any atom is 0.271 e. The van der Waals surface area contributed by atoms with E-state index in [1.54, 1.807) is 24.2 Å². The topological polar surface area (TPSA) is 64.7 Å². The van der Waals surface area contributed by atoms with Gasteiger partial charge in [0.25, 0.3) is 5.91 Å². The quantitative estimate of drug-likeness (QED) is 0.647. The molecule has 0 aliphatic carbocycles. The number of amides is 1. The van der Waals surface area contributed by atoms with Crippen molar-refractivity contribution in [1.82, 2.24) is 9.47 Å². The fourth-order valence-corrected chi connectivity index (χ4v) is 3.58. The van der Waals surface area contributed by atoms with E-state index in [1.807, 2.05) is 48.7 Å². The number of ether oxygens (including phenoxy) is 1. The average Bonchev–Trinajstić information content (AvgIpc) is 3.22. The first-order chi connectivity index (χ1) is 12.9. The van der Waals surface area contributed by atoms with Crippen molar-refractivity contribution in [3.63, 3.8) is 0 Å². The minimum atomic E-state index is -0.930. The van der Waals surface area contributed by atoms with Crippen molar-refractivity contribution >= 4 is 23.3 Å². The Kier molecular flexibility index (Phi) is 4.06. The summed E-state index contributed by atoms with van der Waals surface area (Å²) in [4.78, 5) is 26.7. The number of aromatic nitrogens is 1. The van der Waals surface area contributed by atoms with Gasteiger partial charge in [0, 0.05) is 18.7 Å². The van der Waals surface area contributed by atoms with Crippen LogP contribution in [0, 0.1) is 0 Å². The van der Waals surface area contributed by atoms with Crippen LogP contribution in [0.1, 0.15) is 36.8 Å². The van der Waals surface area contributed by atoms with Gasteiger partial charge in [-0.05, 0) is 38.5 Å². The second-order valence-corrected chi connectivity index (χ2v) is 7.46. The molecule has 27 heavy (non-hydrogen) atoms. The van der Waals surface area contributed by atoms with Gasteiger partial charge >= 0.3 is 0 Å². The molecule has 4 rings (SSSR count). The van der Waals surface area contributed by atoms with Gasteiger partial charge in [-0.25, -0.2) is 0 Å². The summed E-state index contributed by atoms with van der Waals surface area (Å²) in [6, 6.07) is 11.2. The monoisotopic (exact) mass is 366 g/mol. The van der Waals surface area contributed by atoms with Gasteiger partial charge in [0.05, 0.1) is 24.4 Å². The summed E-state index contributed by atoms with van der Waals surface area (Å²) in [5, 5.41) is 0. The largest absolute Gasteiger partial charge is 0.491 e. The maximum absolute atomic E-state index is 13.2. The number of carbonyl (C=O) groups excluding carboxylic acids is 2. The van der Waals surface area contributed by atoms with Gasteiger partial charge in [-0.3, -0.25) is 4.79 Å². The SMILES string of the molecule is CC(C)Oc1ccc(CN2C(=O)c3cc4occc4n3CC2(C)C=O)cc1. The molecule has 0 fully saturated rings. The van der Waals surface area contributed by atoms with E-state index >= 15 is 0 Å². The van der Waals surface area contributed by atoms with Crippen molar-refractivity contribution in [2.75, 3.05) is 0 Å². The Balaban J connectivity index is 1.66. The van der Waals surface area contributed by atoms with Crippen molar-refractivity contribution in [2.24, 2.45) is 0 Å². The third-order valence-corrected chi connectivity index (χ3v) is 4.97. The Bertz CT molecular complexity index is 999. The predicted octanol–water partition coefficient (Wildman–Crippen LogP) is 3.64. The smallest absolute Gasteiger partial charge is 0.271 e. The van der Waals surface area contributed by atoms with Gasteiger partial charge in [-0.15, -0.1) is 0 Å². The van der Waals surface area contributed by atoms with Crippen LogP contribution in [0.4, 0.5) is 0 Å². The molecule has 6 heteroatoms. The van der Waals surface area contributed by atoms with Crippen LogP contribution in [0.3, 0.4) is 0 Å². The number of aldehydes is 1. The first kappa shape index (κ1) is 17.4. The average molecular weight is 366 g/mol. The van der Waals surface area contributed by atoms with Crippen molar-refractivity contribution in [1.29, 1.82) is 0 Å². The standard InChI is InChI=1S/C21H22N2O4/c1-14(2)27-16-6-4-15(5-7-16)11-23-20(25)18-10-19-17(8-9-26-19)22(18)12-21(23,3)13-24/h4-10,13-14H,11-12H2,1-3H3. The van der Waals surface area contributed by atoms with Gasteiger partial charge in [-0.2, -0.15) is 0 Å². The van der Waals surface area contributed by atoms with Crippen molar-refractivity contribution in [2.45, 2.75) is 45.5 Å². The molecule has 6 nitrogen and oxygen atoms in total. The highest BCUT2D eigenvalue weighted by atomic mass is 16.5. The van der Waals surface area contributed by atoms with E-state index in [9.17, 15) is 9.59 Å². The highest BCUT2D eigenvalue weighted by molar-refractivity contribution is 6.00. The van der Waals surface area contributed by atoms with Crippen LogP contribution in [0.5, 0.6) is 5.75 Å². The van der Waals surface area contributed by atoms with Crippen molar-refractivity contribution in [3.8, 4) is 5.75 Å². The van der Waals surface area contributed by atoms with Crippen LogP contribution < -0.4 is 4.74 Å². The Morgan fingerprint density at radius 2 is 2.00 bits per heavy atom. The molecule has 2 aromatic heterocycles. The molecule has 0 saturated heterocycles. The van der Waals surface area contributed by atoms with Crippen LogP contribution in [0.2, 0.25) is 0 Å². The molecule has 140 valence electrons. The fourth-order valence-electron chi connectivity index (χ4n) is 3.58. The third-order valence-electron chi connectivity index (χ3n) is 4.97. The first-order valence-electron chi connectivity index (χ1n) is 9.02. The summed E-state index contributed by atoms with van der Waals surface area (Å²) < 4.78 is 13.0. The van der Waals surface area contributed by atoms with E-state index in [0.29, 0.717) is 24.4 Å². The van der Waals surface area contributed by atoms with E-state index in [0.717, 1.165) is 23.1 Å². The number of nitrogens with zero attached hydrogens (tertiary/aromatic N) is 2. The molecule has 1 atom stereocenters. The van der Waals surface area contributed by atoms with Crippen LogP contribution >= 0.6 is 0 Å². The lowest BCUT2D eigenvalue weighted by Gasteiger charge is -2.41. The van der Waals surface area contributed by atoms with Gasteiger partial charge in [-0.1, -0.05) is 12.1 Å². The number of furan rings is 1. The maximum atomic E-state index is 13.2. The van der Waals surface area contributed by atoms with E-state index < -0.39 is 5.54 Å². The number of benzene rings is 1. The molecule has 0 saturated carbocycles. The summed E-state index contributed by atoms with van der Waals surface area (Å²) in [7, 11) is 0. The molecular formula is C21H22N2O4. The first-order valence-corrected chi connectivity index (χ1v) is 9.02. The minimum absolute atomic E-state index is 0.101. The molecular weight excluding hydrogens is 344 g/mol. The van der Waals surface area contributed by atoms with Crippen LogP contribution in [-0.2, 0) is 17.9 Å². The van der Waals surface area contributed by atoms with E-state index in [-0.39, 0.29) is 12.0 Å². The zero-order chi connectivity index (χ0) is 19.2. The van der Waals surface area contributed by atoms with Crippen LogP contribution in [0.15, 0.2) is 47.1 Å². The van der Waals surface area contributed by atoms with Gasteiger partial charge in [0.1, 0.15) is 23.3 Å². The predicted molar refractivity (Wildman–Crippen MR) is 101 cm³/mol. The Morgan fingerprint density at radius 1 is 1.26 bits per heavy atom. The second kappa shape index (κ2) is 6.30. The lowest BCUT2D eigenvalue weighted by molar-refractivity contribution is -0.118. The zero-order valence-corrected chi connectivity index (χ0v) is 15.6. The number of hydrogen-bond donors (Lipinski definition) is 0. The Morgan fingerprint density at radius 3 is 2.67 bits per heavy atom. The van der Waals surface area contributed by atoms with E-state index in [1.165, 1.54) is 0 Å². The van der Waals surface area contributed by atoms with E-state index in [2.05, 4.69) is 0 Å². The van der Waals surface area contributed by atoms with Crippen molar-refractivity contribution < 1.29 is 18.7 Å². The van der Waals surface area contributed by atoms with Crippen molar-refractivity contribution in [3.05, 3.63) is 53.9 Å². The fraction of sp³-hybridized carbons (Fsp3) is 0.333. The molecule has 1 unspecified atom stereocenters. The van der Waals surface area contributed by atoms with E-state index in [4.69, 9.17) is 9.15 Å². The van der Waals surface area contributed by atoms with Crippen LogP contribution in [0.25, 0.3) is 11.1 Å². The Labute approximate surface area is 157 Å². The highest BCUT2D eigenvalue weighted by Gasteiger charge is 2.42. The lowest BCUT2D eigenvalue weighted by atomic mass is 9.97. The van der Waals surface area contributed by atoms with Gasteiger partial charge < -0.3 is 23.4 Å². The molecule has 3 aromatic rings. The number of carbonyl (C=O) groups is 2.